The first-order valence-corrected chi connectivity index (χ1v) is 12.8. The zero-order valence-electron chi connectivity index (χ0n) is 21.7. The fourth-order valence-electron chi connectivity index (χ4n) is 4.68. The highest BCUT2D eigenvalue weighted by Crippen LogP contribution is 2.41. The number of fused-ring (bicyclic) bond motifs is 3. The molecule has 10 nitrogen and oxygen atoms in total. The zero-order chi connectivity index (χ0) is 28.9. The molecule has 0 aliphatic heterocycles. The first-order chi connectivity index (χ1) is 19.9. The van der Waals surface area contributed by atoms with E-state index in [1.54, 1.807) is 41.1 Å². The normalized spacial score (nSPS) is 12.0. The second-order valence-electron chi connectivity index (χ2n) is 9.43. The number of carbonyl (C=O) groups is 4. The number of ketones is 1. The van der Waals surface area contributed by atoms with Crippen LogP contribution in [0.1, 0.15) is 40.0 Å². The van der Waals surface area contributed by atoms with Crippen molar-refractivity contribution in [1.29, 1.82) is 5.26 Å². The lowest BCUT2D eigenvalue weighted by molar-refractivity contribution is -0.148. The first kappa shape index (κ1) is 27.0. The van der Waals surface area contributed by atoms with Gasteiger partial charge in [0.15, 0.2) is 5.92 Å². The lowest BCUT2D eigenvalue weighted by Gasteiger charge is -2.10. The number of nitrogens with zero attached hydrogens (tertiary/aromatic N) is 3. The predicted octanol–water partition coefficient (Wildman–Crippen LogP) is 4.31. The summed E-state index contributed by atoms with van der Waals surface area (Å²) < 4.78 is 6.87. The number of amides is 1. The lowest BCUT2D eigenvalue weighted by Crippen LogP contribution is -2.29. The molecule has 1 atom stereocenters. The summed E-state index contributed by atoms with van der Waals surface area (Å²) in [4.78, 5) is 49.3. The smallest absolute Gasteiger partial charge is 0.306 e. The summed E-state index contributed by atoms with van der Waals surface area (Å²) in [6.07, 6.45) is -0.184. The van der Waals surface area contributed by atoms with Crippen LogP contribution in [0.3, 0.4) is 0 Å². The maximum Gasteiger partial charge on any atom is 0.306 e. The molecule has 0 spiro atoms. The van der Waals surface area contributed by atoms with Crippen LogP contribution in [0, 0.1) is 17.2 Å². The third-order valence-electron chi connectivity index (χ3n) is 6.65. The standard InChI is InChI=1S/C31H24N4O6/c32-17-25(31(40)33-21-7-3-1-4-8-21)30(39)28-24-16-20-12-11-19(18-41-27(38)14-13-26(36)37)15-23(20)29(24)35(34-28)22-9-5-2-6-10-22/h1-12,15,25H,13-14,16,18H2,(H,33,40)(H,36,37). The number of nitriles is 1. The fourth-order valence-corrected chi connectivity index (χ4v) is 4.68. The van der Waals surface area contributed by atoms with Crippen LogP contribution in [0.4, 0.5) is 5.69 Å². The minimum Gasteiger partial charge on any atom is -0.481 e. The second-order valence-corrected chi connectivity index (χ2v) is 9.43. The number of hydrogen-bond acceptors (Lipinski definition) is 7. The summed E-state index contributed by atoms with van der Waals surface area (Å²) in [6.45, 7) is -0.0531. The molecule has 0 bridgehead atoms. The zero-order valence-corrected chi connectivity index (χ0v) is 21.7. The molecule has 10 heteroatoms. The quantitative estimate of drug-likeness (QED) is 0.149. The van der Waals surface area contributed by atoms with Gasteiger partial charge in [-0.1, -0.05) is 48.5 Å². The van der Waals surface area contributed by atoms with Gasteiger partial charge in [0.1, 0.15) is 12.3 Å². The predicted molar refractivity (Wildman–Crippen MR) is 147 cm³/mol. The molecule has 204 valence electrons. The number of aromatic nitrogens is 2. The van der Waals surface area contributed by atoms with E-state index in [0.29, 0.717) is 34.6 Å². The molecule has 0 radical (unpaired) electrons. The van der Waals surface area contributed by atoms with E-state index in [-0.39, 0.29) is 25.1 Å². The minimum absolute atomic E-state index is 0.0384. The monoisotopic (exact) mass is 548 g/mol. The molecular formula is C31H24N4O6. The van der Waals surface area contributed by atoms with Crippen molar-refractivity contribution in [3.63, 3.8) is 0 Å². The Morgan fingerprint density at radius 3 is 2.39 bits per heavy atom. The summed E-state index contributed by atoms with van der Waals surface area (Å²) >= 11 is 0. The van der Waals surface area contributed by atoms with Gasteiger partial charge in [-0.25, -0.2) is 4.68 Å². The van der Waals surface area contributed by atoms with Gasteiger partial charge in [-0.3, -0.25) is 19.2 Å². The summed E-state index contributed by atoms with van der Waals surface area (Å²) in [5, 5.41) is 25.8. The van der Waals surface area contributed by atoms with Crippen molar-refractivity contribution < 1.29 is 29.0 Å². The molecule has 1 heterocycles. The molecular weight excluding hydrogens is 524 g/mol. The van der Waals surface area contributed by atoms with Gasteiger partial charge in [-0.2, -0.15) is 10.4 Å². The lowest BCUT2D eigenvalue weighted by atomic mass is 9.98. The molecule has 1 amide bonds. The number of Topliss-reactive ketones (excluding diaryl/α,β-unsaturated/α-hetero) is 1. The Morgan fingerprint density at radius 2 is 1.71 bits per heavy atom. The Kier molecular flexibility index (Phi) is 7.69. The summed E-state index contributed by atoms with van der Waals surface area (Å²) in [6, 6.07) is 25.1. The topological polar surface area (TPSA) is 151 Å². The number of rotatable bonds is 10. The molecule has 0 fully saturated rings. The largest absolute Gasteiger partial charge is 0.481 e. The van der Waals surface area contributed by atoms with Gasteiger partial charge in [0, 0.05) is 23.2 Å². The first-order valence-electron chi connectivity index (χ1n) is 12.8. The highest BCUT2D eigenvalue weighted by molar-refractivity contribution is 6.16. The number of carboxylic acid groups (broad SMARTS) is 1. The van der Waals surface area contributed by atoms with Gasteiger partial charge in [-0.05, 0) is 41.5 Å². The minimum atomic E-state index is -1.61. The van der Waals surface area contributed by atoms with E-state index in [0.717, 1.165) is 11.1 Å². The van der Waals surface area contributed by atoms with Gasteiger partial charge < -0.3 is 15.2 Å². The molecule has 1 aliphatic rings. The maximum atomic E-state index is 13.7. The van der Waals surface area contributed by atoms with E-state index in [4.69, 9.17) is 9.84 Å². The molecule has 4 aromatic rings. The van der Waals surface area contributed by atoms with E-state index in [1.807, 2.05) is 48.5 Å². The molecule has 3 aromatic carbocycles. The number of carbonyl (C=O) groups excluding carboxylic acids is 3. The molecule has 5 rings (SSSR count). The van der Waals surface area contributed by atoms with Gasteiger partial charge >= 0.3 is 11.9 Å². The Labute approximate surface area is 234 Å². The molecule has 1 unspecified atom stereocenters. The Bertz CT molecular complexity index is 1690. The second kappa shape index (κ2) is 11.7. The van der Waals surface area contributed by atoms with Crippen LogP contribution >= 0.6 is 0 Å². The van der Waals surface area contributed by atoms with Crippen LogP contribution in [0.15, 0.2) is 78.9 Å². The number of para-hydroxylation sites is 2. The Morgan fingerprint density at radius 1 is 1.00 bits per heavy atom. The van der Waals surface area contributed by atoms with Crippen molar-refractivity contribution in [1.82, 2.24) is 9.78 Å². The average molecular weight is 549 g/mol. The van der Waals surface area contributed by atoms with Crippen molar-refractivity contribution in [3.05, 3.63) is 101 Å². The highest BCUT2D eigenvalue weighted by Gasteiger charge is 2.36. The number of nitrogens with one attached hydrogen (secondary N) is 1. The third kappa shape index (κ3) is 5.74. The molecule has 41 heavy (non-hydrogen) atoms. The number of carboxylic acids is 1. The number of benzene rings is 3. The van der Waals surface area contributed by atoms with Gasteiger partial charge in [0.25, 0.3) is 0 Å². The van der Waals surface area contributed by atoms with E-state index >= 15 is 0 Å². The maximum absolute atomic E-state index is 13.7. The number of hydrogen-bond donors (Lipinski definition) is 2. The molecule has 2 N–H and O–H groups in total. The van der Waals surface area contributed by atoms with E-state index in [2.05, 4.69) is 10.4 Å². The summed E-state index contributed by atoms with van der Waals surface area (Å²) in [5.74, 6) is -4.75. The van der Waals surface area contributed by atoms with Crippen molar-refractivity contribution in [2.45, 2.75) is 25.9 Å². The molecule has 0 saturated carbocycles. The van der Waals surface area contributed by atoms with Crippen LogP contribution < -0.4 is 5.32 Å². The van der Waals surface area contributed by atoms with Gasteiger partial charge in [0.2, 0.25) is 11.7 Å². The SMILES string of the molecule is N#CC(C(=O)Nc1ccccc1)C(=O)c1nn(-c2ccccc2)c2c1Cc1ccc(COC(=O)CCC(=O)O)cc1-2. The Hall–Kier alpha value is -5.56. The van der Waals surface area contributed by atoms with Gasteiger partial charge in [-0.15, -0.1) is 0 Å². The van der Waals surface area contributed by atoms with Crippen LogP contribution in [-0.4, -0.2) is 38.5 Å². The van der Waals surface area contributed by atoms with E-state index in [1.165, 1.54) is 0 Å². The fraction of sp³-hybridized carbons (Fsp3) is 0.161. The highest BCUT2D eigenvalue weighted by atomic mass is 16.5. The summed E-state index contributed by atoms with van der Waals surface area (Å²) in [5.41, 5.74) is 4.78. The molecule has 0 saturated heterocycles. The number of esters is 1. The number of aliphatic carboxylic acids is 1. The summed E-state index contributed by atoms with van der Waals surface area (Å²) in [7, 11) is 0. The van der Waals surface area contributed by atoms with E-state index < -0.39 is 29.5 Å². The van der Waals surface area contributed by atoms with Crippen LogP contribution in [0.5, 0.6) is 0 Å². The third-order valence-corrected chi connectivity index (χ3v) is 6.65. The van der Waals surface area contributed by atoms with Crippen LogP contribution in [-0.2, 0) is 32.1 Å². The van der Waals surface area contributed by atoms with Gasteiger partial charge in [0.05, 0.1) is 30.3 Å². The van der Waals surface area contributed by atoms with Crippen LogP contribution in [0.2, 0.25) is 0 Å². The number of ether oxygens (including phenoxy) is 1. The Balaban J connectivity index is 1.48. The average Bonchev–Trinajstić information content (AvgIpc) is 3.53. The van der Waals surface area contributed by atoms with E-state index in [9.17, 15) is 24.4 Å². The molecule has 1 aromatic heterocycles. The van der Waals surface area contributed by atoms with Crippen LogP contribution in [0.25, 0.3) is 16.9 Å². The van der Waals surface area contributed by atoms with Crippen molar-refractivity contribution >= 4 is 29.3 Å². The van der Waals surface area contributed by atoms with Crippen molar-refractivity contribution in [2.24, 2.45) is 5.92 Å². The van der Waals surface area contributed by atoms with Crippen molar-refractivity contribution in [3.8, 4) is 23.0 Å². The number of anilines is 1. The van der Waals surface area contributed by atoms with Crippen molar-refractivity contribution in [2.75, 3.05) is 5.32 Å². The molecule has 1 aliphatic carbocycles.